The first-order chi connectivity index (χ1) is 13.6. The van der Waals surface area contributed by atoms with E-state index in [1.54, 1.807) is 0 Å². The fourth-order valence-corrected chi connectivity index (χ4v) is 3.66. The van der Waals surface area contributed by atoms with E-state index in [2.05, 4.69) is 41.2 Å². The number of nitrogens with one attached hydrogen (secondary N) is 1. The third kappa shape index (κ3) is 5.02. The Kier molecular flexibility index (Phi) is 6.88. The second-order valence-electron chi connectivity index (χ2n) is 6.67. The predicted molar refractivity (Wildman–Crippen MR) is 117 cm³/mol. The number of halogens is 1. The van der Waals surface area contributed by atoms with Crippen LogP contribution in [0.4, 0.5) is 0 Å². The van der Waals surface area contributed by atoms with E-state index in [4.69, 9.17) is 4.74 Å². The number of carbonyl (C=O) groups excluding carboxylic acids is 1. The average Bonchev–Trinajstić information content (AvgIpc) is 2.72. The van der Waals surface area contributed by atoms with Gasteiger partial charge in [-0.05, 0) is 63.7 Å². The van der Waals surface area contributed by atoms with Crippen LogP contribution in [0.25, 0.3) is 0 Å². The van der Waals surface area contributed by atoms with Crippen LogP contribution in [0.2, 0.25) is 0 Å². The van der Waals surface area contributed by atoms with Gasteiger partial charge in [0.1, 0.15) is 5.75 Å². The summed E-state index contributed by atoms with van der Waals surface area (Å²) in [6.07, 6.45) is 0.953. The first-order valence-corrected chi connectivity index (χ1v) is 10.2. The van der Waals surface area contributed by atoms with Crippen LogP contribution < -0.4 is 10.1 Å². The smallest absolute Gasteiger partial charge is 0.258 e. The lowest BCUT2D eigenvalue weighted by Gasteiger charge is -2.22. The number of carbonyl (C=O) groups is 1. The largest absolute Gasteiger partial charge is 0.483 e. The summed E-state index contributed by atoms with van der Waals surface area (Å²) in [5, 5.41) is 3.12. The molecule has 3 aromatic rings. The Labute approximate surface area is 174 Å². The van der Waals surface area contributed by atoms with E-state index in [1.807, 2.05) is 66.7 Å². The molecule has 0 heterocycles. The van der Waals surface area contributed by atoms with Crippen molar-refractivity contribution in [2.24, 2.45) is 0 Å². The van der Waals surface area contributed by atoms with E-state index in [0.29, 0.717) is 5.75 Å². The van der Waals surface area contributed by atoms with Gasteiger partial charge in [0.2, 0.25) is 0 Å². The summed E-state index contributed by atoms with van der Waals surface area (Å²) in [7, 11) is 0. The highest BCUT2D eigenvalue weighted by Gasteiger charge is 2.18. The van der Waals surface area contributed by atoms with Gasteiger partial charge in [0.15, 0.2) is 6.61 Å². The molecule has 0 bridgehead atoms. The molecule has 3 rings (SSSR count). The zero-order chi connectivity index (χ0) is 19.9. The van der Waals surface area contributed by atoms with Crippen molar-refractivity contribution in [3.63, 3.8) is 0 Å². The number of rotatable bonds is 7. The van der Waals surface area contributed by atoms with Crippen molar-refractivity contribution in [1.29, 1.82) is 0 Å². The van der Waals surface area contributed by atoms with Gasteiger partial charge in [0.05, 0.1) is 10.5 Å². The predicted octanol–water partition coefficient (Wildman–Crippen LogP) is 5.60. The number of benzene rings is 3. The molecule has 1 atom stereocenters. The fraction of sp³-hybridized carbons (Fsp3) is 0.208. The summed E-state index contributed by atoms with van der Waals surface area (Å²) in [6.45, 7) is 4.12. The summed E-state index contributed by atoms with van der Waals surface area (Å²) in [5.74, 6) is 0.503. The van der Waals surface area contributed by atoms with Crippen LogP contribution in [0.15, 0.2) is 77.3 Å². The van der Waals surface area contributed by atoms with Crippen molar-refractivity contribution in [1.82, 2.24) is 5.32 Å². The Morgan fingerprint density at radius 2 is 1.75 bits per heavy atom. The maximum absolute atomic E-state index is 12.7. The van der Waals surface area contributed by atoms with E-state index in [9.17, 15) is 4.79 Å². The van der Waals surface area contributed by atoms with Gasteiger partial charge < -0.3 is 10.1 Å². The maximum Gasteiger partial charge on any atom is 0.258 e. The summed E-state index contributed by atoms with van der Waals surface area (Å²) in [5.41, 5.74) is 4.47. The van der Waals surface area contributed by atoms with E-state index in [1.165, 1.54) is 5.56 Å². The number of ether oxygens (including phenoxy) is 1. The molecule has 3 nitrogen and oxygen atoms in total. The van der Waals surface area contributed by atoms with Crippen molar-refractivity contribution >= 4 is 21.8 Å². The summed E-state index contributed by atoms with van der Waals surface area (Å²) >= 11 is 3.52. The number of hydrogen-bond donors (Lipinski definition) is 1. The van der Waals surface area contributed by atoms with Crippen molar-refractivity contribution < 1.29 is 9.53 Å². The molecule has 0 unspecified atom stereocenters. The van der Waals surface area contributed by atoms with Crippen LogP contribution in [0.3, 0.4) is 0 Å². The molecule has 0 radical (unpaired) electrons. The standard InChI is InChI=1S/C24H24BrNO2/c1-3-18-13-14-22(21(25)15-18)28-16-23(27)26-24(19-10-5-4-6-11-19)20-12-8-7-9-17(20)2/h4-15,24H,3,16H2,1-2H3,(H,26,27)/t24-/m0/s1. The number of hydrogen-bond acceptors (Lipinski definition) is 2. The van der Waals surface area contributed by atoms with Gasteiger partial charge in [-0.3, -0.25) is 4.79 Å². The first-order valence-electron chi connectivity index (χ1n) is 9.39. The molecular formula is C24H24BrNO2. The molecule has 0 fully saturated rings. The van der Waals surface area contributed by atoms with Gasteiger partial charge in [0.25, 0.3) is 5.91 Å². The van der Waals surface area contributed by atoms with Gasteiger partial charge in [-0.15, -0.1) is 0 Å². The van der Waals surface area contributed by atoms with Crippen LogP contribution in [-0.4, -0.2) is 12.5 Å². The van der Waals surface area contributed by atoms with E-state index < -0.39 is 0 Å². The minimum Gasteiger partial charge on any atom is -0.483 e. The Morgan fingerprint density at radius 3 is 2.43 bits per heavy atom. The molecule has 0 saturated heterocycles. The average molecular weight is 438 g/mol. The number of aryl methyl sites for hydroxylation is 2. The lowest BCUT2D eigenvalue weighted by atomic mass is 9.95. The third-order valence-electron chi connectivity index (χ3n) is 4.70. The van der Waals surface area contributed by atoms with Gasteiger partial charge in [0, 0.05) is 0 Å². The molecule has 144 valence electrons. The minimum absolute atomic E-state index is 0.0424. The van der Waals surface area contributed by atoms with Crippen LogP contribution in [0, 0.1) is 6.92 Å². The van der Waals surface area contributed by atoms with E-state index in [-0.39, 0.29) is 18.6 Å². The second-order valence-corrected chi connectivity index (χ2v) is 7.53. The molecule has 3 aromatic carbocycles. The molecule has 28 heavy (non-hydrogen) atoms. The van der Waals surface area contributed by atoms with Gasteiger partial charge >= 0.3 is 0 Å². The topological polar surface area (TPSA) is 38.3 Å². The summed E-state index contributed by atoms with van der Waals surface area (Å²) in [6, 6.07) is 23.8. The van der Waals surface area contributed by atoms with Crippen LogP contribution in [0.5, 0.6) is 5.75 Å². The lowest BCUT2D eigenvalue weighted by Crippen LogP contribution is -2.33. The fourth-order valence-electron chi connectivity index (χ4n) is 3.12. The van der Waals surface area contributed by atoms with Crippen LogP contribution >= 0.6 is 15.9 Å². The van der Waals surface area contributed by atoms with Gasteiger partial charge in [-0.25, -0.2) is 0 Å². The highest BCUT2D eigenvalue weighted by molar-refractivity contribution is 9.10. The molecule has 0 aliphatic heterocycles. The zero-order valence-electron chi connectivity index (χ0n) is 16.1. The molecule has 0 saturated carbocycles. The number of amides is 1. The van der Waals surface area contributed by atoms with Crippen molar-refractivity contribution in [2.45, 2.75) is 26.3 Å². The molecule has 0 aromatic heterocycles. The SMILES string of the molecule is CCc1ccc(OCC(=O)N[C@@H](c2ccccc2)c2ccccc2C)c(Br)c1. The van der Waals surface area contributed by atoms with E-state index >= 15 is 0 Å². The highest BCUT2D eigenvalue weighted by Crippen LogP contribution is 2.27. The molecule has 0 spiro atoms. The zero-order valence-corrected chi connectivity index (χ0v) is 17.7. The van der Waals surface area contributed by atoms with Crippen molar-refractivity contribution in [2.75, 3.05) is 6.61 Å². The Hall–Kier alpha value is -2.59. The molecule has 0 aliphatic carbocycles. The molecule has 0 aliphatic rings. The molecule has 1 amide bonds. The Bertz CT molecular complexity index is 940. The summed E-state index contributed by atoms with van der Waals surface area (Å²) < 4.78 is 6.60. The Balaban J connectivity index is 1.74. The quantitative estimate of drug-likeness (QED) is 0.521. The van der Waals surface area contributed by atoms with Crippen molar-refractivity contribution in [3.8, 4) is 5.75 Å². The molecule has 1 N–H and O–H groups in total. The van der Waals surface area contributed by atoms with Crippen molar-refractivity contribution in [3.05, 3.63) is 99.5 Å². The monoisotopic (exact) mass is 437 g/mol. The maximum atomic E-state index is 12.7. The highest BCUT2D eigenvalue weighted by atomic mass is 79.9. The Morgan fingerprint density at radius 1 is 1.04 bits per heavy atom. The van der Waals surface area contributed by atoms with Crippen LogP contribution in [-0.2, 0) is 11.2 Å². The van der Waals surface area contributed by atoms with Gasteiger partial charge in [-0.2, -0.15) is 0 Å². The third-order valence-corrected chi connectivity index (χ3v) is 5.32. The van der Waals surface area contributed by atoms with E-state index in [0.717, 1.165) is 27.6 Å². The second kappa shape index (κ2) is 9.56. The summed E-state index contributed by atoms with van der Waals surface area (Å²) in [4.78, 5) is 12.7. The minimum atomic E-state index is -0.218. The first kappa shape index (κ1) is 20.2. The molecular weight excluding hydrogens is 414 g/mol. The van der Waals surface area contributed by atoms with Gasteiger partial charge in [-0.1, -0.05) is 67.6 Å². The van der Waals surface area contributed by atoms with Crippen LogP contribution in [0.1, 0.15) is 35.2 Å². The molecule has 4 heteroatoms. The normalized spacial score (nSPS) is 11.7. The lowest BCUT2D eigenvalue weighted by molar-refractivity contribution is -0.123.